The van der Waals surface area contributed by atoms with Crippen molar-refractivity contribution in [3.63, 3.8) is 0 Å². The molecule has 1 N–H and O–H groups in total. The molecule has 0 aliphatic heterocycles. The van der Waals surface area contributed by atoms with Gasteiger partial charge in [0.25, 0.3) is 0 Å². The summed E-state index contributed by atoms with van der Waals surface area (Å²) >= 11 is 0. The van der Waals surface area contributed by atoms with Crippen molar-refractivity contribution in [2.24, 2.45) is 0 Å². The van der Waals surface area contributed by atoms with Gasteiger partial charge in [-0.1, -0.05) is 12.1 Å². The zero-order valence-corrected chi connectivity index (χ0v) is 12.7. The lowest BCUT2D eigenvalue weighted by Crippen LogP contribution is -2.21. The molecule has 0 saturated heterocycles. The minimum Gasteiger partial charge on any atom is -0.497 e. The smallest absolute Gasteiger partial charge is 0.118 e. The monoisotopic (exact) mass is 289 g/mol. The van der Waals surface area contributed by atoms with E-state index in [-0.39, 0.29) is 0 Å². The maximum Gasteiger partial charge on any atom is 0.118 e. The Morgan fingerprint density at radius 3 is 2.67 bits per heavy atom. The van der Waals surface area contributed by atoms with Crippen molar-refractivity contribution < 1.29 is 9.47 Å². The molecule has 0 fully saturated rings. The molecule has 0 spiro atoms. The molecule has 2 rings (SSSR count). The summed E-state index contributed by atoms with van der Waals surface area (Å²) in [6.45, 7) is 3.26. The van der Waals surface area contributed by atoms with Crippen LogP contribution in [-0.4, -0.2) is 37.2 Å². The second kappa shape index (κ2) is 8.44. The summed E-state index contributed by atoms with van der Waals surface area (Å²) in [6, 6.07) is 10.2. The van der Waals surface area contributed by atoms with Crippen molar-refractivity contribution in [3.8, 4) is 5.75 Å². The number of aromatic nitrogens is 2. The molecule has 1 aromatic heterocycles. The van der Waals surface area contributed by atoms with Crippen LogP contribution in [0.5, 0.6) is 5.75 Å². The molecule has 2 aromatic rings. The van der Waals surface area contributed by atoms with E-state index in [1.54, 1.807) is 14.2 Å². The van der Waals surface area contributed by atoms with Gasteiger partial charge in [-0.3, -0.25) is 4.68 Å². The SMILES string of the molecule is COCCNCc1ccnn1CCc1ccc(OC)cc1. The highest BCUT2D eigenvalue weighted by atomic mass is 16.5. The summed E-state index contributed by atoms with van der Waals surface area (Å²) in [5, 5.41) is 7.72. The molecule has 0 saturated carbocycles. The second-order valence-electron chi connectivity index (χ2n) is 4.81. The first-order valence-corrected chi connectivity index (χ1v) is 7.16. The maximum atomic E-state index is 5.17. The molecule has 1 aromatic carbocycles. The Labute approximate surface area is 125 Å². The highest BCUT2D eigenvalue weighted by molar-refractivity contribution is 5.27. The average molecular weight is 289 g/mol. The van der Waals surface area contributed by atoms with Crippen LogP contribution < -0.4 is 10.1 Å². The van der Waals surface area contributed by atoms with E-state index < -0.39 is 0 Å². The third-order valence-electron chi connectivity index (χ3n) is 3.36. The fourth-order valence-electron chi connectivity index (χ4n) is 2.13. The first-order chi connectivity index (χ1) is 10.3. The molecule has 114 valence electrons. The fourth-order valence-corrected chi connectivity index (χ4v) is 2.13. The summed E-state index contributed by atoms with van der Waals surface area (Å²) < 4.78 is 12.2. The van der Waals surface area contributed by atoms with Crippen molar-refractivity contribution in [1.29, 1.82) is 0 Å². The molecule has 0 amide bonds. The minimum absolute atomic E-state index is 0.722. The number of nitrogens with one attached hydrogen (secondary N) is 1. The quantitative estimate of drug-likeness (QED) is 0.716. The lowest BCUT2D eigenvalue weighted by Gasteiger charge is -2.09. The molecule has 0 aliphatic carbocycles. The summed E-state index contributed by atoms with van der Waals surface area (Å²) in [7, 11) is 3.39. The molecule has 5 heteroatoms. The van der Waals surface area contributed by atoms with Crippen LogP contribution in [0.3, 0.4) is 0 Å². The van der Waals surface area contributed by atoms with E-state index in [2.05, 4.69) is 22.5 Å². The van der Waals surface area contributed by atoms with Gasteiger partial charge in [-0.15, -0.1) is 0 Å². The normalized spacial score (nSPS) is 10.8. The maximum absolute atomic E-state index is 5.17. The third-order valence-corrected chi connectivity index (χ3v) is 3.36. The van der Waals surface area contributed by atoms with Gasteiger partial charge < -0.3 is 14.8 Å². The van der Waals surface area contributed by atoms with Gasteiger partial charge in [-0.05, 0) is 30.2 Å². The largest absolute Gasteiger partial charge is 0.497 e. The van der Waals surface area contributed by atoms with Gasteiger partial charge in [0, 0.05) is 32.9 Å². The van der Waals surface area contributed by atoms with Crippen LogP contribution in [0.15, 0.2) is 36.5 Å². The van der Waals surface area contributed by atoms with Crippen LogP contribution >= 0.6 is 0 Å². The first-order valence-electron chi connectivity index (χ1n) is 7.16. The molecule has 5 nitrogen and oxygen atoms in total. The highest BCUT2D eigenvalue weighted by Crippen LogP contribution is 2.12. The van der Waals surface area contributed by atoms with Crippen molar-refractivity contribution in [2.75, 3.05) is 27.4 Å². The Bertz CT molecular complexity index is 523. The number of nitrogens with zero attached hydrogens (tertiary/aromatic N) is 2. The standard InChI is InChI=1S/C16H23N3O2/c1-20-12-10-17-13-15-7-9-18-19(15)11-8-14-3-5-16(21-2)6-4-14/h3-7,9,17H,8,10-13H2,1-2H3. The first kappa shape index (κ1) is 15.5. The Hall–Kier alpha value is -1.85. The third kappa shape index (κ3) is 4.88. The van der Waals surface area contributed by atoms with Crippen LogP contribution in [0.2, 0.25) is 0 Å². The number of hydrogen-bond donors (Lipinski definition) is 1. The topological polar surface area (TPSA) is 48.3 Å². The van der Waals surface area contributed by atoms with Gasteiger partial charge in [-0.25, -0.2) is 0 Å². The van der Waals surface area contributed by atoms with Crippen LogP contribution in [-0.2, 0) is 24.2 Å². The molecule has 1 heterocycles. The molecular formula is C16H23N3O2. The predicted molar refractivity (Wildman–Crippen MR) is 82.5 cm³/mol. The molecule has 21 heavy (non-hydrogen) atoms. The molecule has 0 bridgehead atoms. The molecule has 0 atom stereocenters. The van der Waals surface area contributed by atoms with E-state index in [1.807, 2.05) is 29.1 Å². The van der Waals surface area contributed by atoms with E-state index in [0.29, 0.717) is 0 Å². The van der Waals surface area contributed by atoms with Gasteiger partial charge in [0.15, 0.2) is 0 Å². The number of rotatable bonds is 9. The molecule has 0 radical (unpaired) electrons. The Morgan fingerprint density at radius 1 is 1.14 bits per heavy atom. The predicted octanol–water partition coefficient (Wildman–Crippen LogP) is 1.87. The van der Waals surface area contributed by atoms with Crippen LogP contribution in [0.25, 0.3) is 0 Å². The van der Waals surface area contributed by atoms with E-state index in [0.717, 1.165) is 38.4 Å². The lowest BCUT2D eigenvalue weighted by molar-refractivity contribution is 0.199. The van der Waals surface area contributed by atoms with Gasteiger partial charge in [0.2, 0.25) is 0 Å². The van der Waals surface area contributed by atoms with E-state index in [9.17, 15) is 0 Å². The minimum atomic E-state index is 0.722. The average Bonchev–Trinajstić information content (AvgIpc) is 2.97. The Kier molecular flexibility index (Phi) is 6.24. The summed E-state index contributed by atoms with van der Waals surface area (Å²) in [6.07, 6.45) is 2.80. The van der Waals surface area contributed by atoms with Crippen molar-refractivity contribution in [1.82, 2.24) is 15.1 Å². The molecular weight excluding hydrogens is 266 g/mol. The van der Waals surface area contributed by atoms with E-state index >= 15 is 0 Å². The number of methoxy groups -OCH3 is 2. The van der Waals surface area contributed by atoms with Crippen LogP contribution in [0.4, 0.5) is 0 Å². The zero-order valence-electron chi connectivity index (χ0n) is 12.7. The van der Waals surface area contributed by atoms with Gasteiger partial charge >= 0.3 is 0 Å². The van der Waals surface area contributed by atoms with Crippen molar-refractivity contribution >= 4 is 0 Å². The zero-order chi connectivity index (χ0) is 14.9. The van der Waals surface area contributed by atoms with E-state index in [1.165, 1.54) is 11.3 Å². The summed E-state index contributed by atoms with van der Waals surface area (Å²) in [5.41, 5.74) is 2.48. The van der Waals surface area contributed by atoms with Crippen molar-refractivity contribution in [3.05, 3.63) is 47.8 Å². The van der Waals surface area contributed by atoms with Gasteiger partial charge in [0.1, 0.15) is 5.75 Å². The van der Waals surface area contributed by atoms with Crippen LogP contribution in [0, 0.1) is 0 Å². The van der Waals surface area contributed by atoms with Crippen molar-refractivity contribution in [2.45, 2.75) is 19.5 Å². The second-order valence-corrected chi connectivity index (χ2v) is 4.81. The number of benzene rings is 1. The number of aryl methyl sites for hydroxylation is 2. The fraction of sp³-hybridized carbons (Fsp3) is 0.438. The Balaban J connectivity index is 1.83. The number of hydrogen-bond acceptors (Lipinski definition) is 4. The van der Waals surface area contributed by atoms with Crippen LogP contribution in [0.1, 0.15) is 11.3 Å². The summed E-state index contributed by atoms with van der Waals surface area (Å²) in [4.78, 5) is 0. The highest BCUT2D eigenvalue weighted by Gasteiger charge is 2.03. The summed E-state index contributed by atoms with van der Waals surface area (Å²) in [5.74, 6) is 0.890. The molecule has 0 aliphatic rings. The lowest BCUT2D eigenvalue weighted by atomic mass is 10.1. The van der Waals surface area contributed by atoms with E-state index in [4.69, 9.17) is 9.47 Å². The number of ether oxygens (including phenoxy) is 2. The molecule has 0 unspecified atom stereocenters. The Morgan fingerprint density at radius 2 is 1.95 bits per heavy atom. The van der Waals surface area contributed by atoms with Gasteiger partial charge in [-0.2, -0.15) is 5.10 Å². The van der Waals surface area contributed by atoms with Gasteiger partial charge in [0.05, 0.1) is 19.4 Å².